The highest BCUT2D eigenvalue weighted by Gasteiger charge is 2.14. The number of nitrogens with two attached hydrogens (primary N) is 1. The number of nitrogens with zero attached hydrogens (tertiary/aromatic N) is 1. The summed E-state index contributed by atoms with van der Waals surface area (Å²) in [6.45, 7) is 4.68. The first-order chi connectivity index (χ1) is 10.0. The lowest BCUT2D eigenvalue weighted by Crippen LogP contribution is -2.19. The minimum Gasteiger partial charge on any atom is -0.338 e. The van der Waals surface area contributed by atoms with Gasteiger partial charge in [-0.1, -0.05) is 18.2 Å². The largest absolute Gasteiger partial charge is 0.338 e. The Morgan fingerprint density at radius 2 is 1.90 bits per heavy atom. The van der Waals surface area contributed by atoms with Crippen LogP contribution in [0.5, 0.6) is 0 Å². The van der Waals surface area contributed by atoms with Gasteiger partial charge in [0.1, 0.15) is 5.82 Å². The molecule has 4 heteroatoms. The van der Waals surface area contributed by atoms with E-state index in [0.29, 0.717) is 12.2 Å². The molecule has 112 valence electrons. The third-order valence-electron chi connectivity index (χ3n) is 3.32. The van der Waals surface area contributed by atoms with Gasteiger partial charge in [0.25, 0.3) is 0 Å². The molecule has 1 unspecified atom stereocenters. The van der Waals surface area contributed by atoms with Crippen molar-refractivity contribution in [3.63, 3.8) is 0 Å². The van der Waals surface area contributed by atoms with Gasteiger partial charge in [-0.05, 0) is 66.0 Å². The highest BCUT2D eigenvalue weighted by Crippen LogP contribution is 2.34. The first kappa shape index (κ1) is 16.0. The van der Waals surface area contributed by atoms with E-state index >= 15 is 0 Å². The van der Waals surface area contributed by atoms with Crippen molar-refractivity contribution in [1.29, 1.82) is 0 Å². The Morgan fingerprint density at radius 1 is 1.19 bits per heavy atom. The van der Waals surface area contributed by atoms with Gasteiger partial charge in [-0.15, -0.1) is 0 Å². The van der Waals surface area contributed by atoms with Gasteiger partial charge in [0.05, 0.1) is 11.4 Å². The summed E-state index contributed by atoms with van der Waals surface area (Å²) in [6.07, 6.45) is 0.824. The quantitative estimate of drug-likeness (QED) is 0.851. The summed E-state index contributed by atoms with van der Waals surface area (Å²) in [7, 11) is 0. The molecule has 21 heavy (non-hydrogen) atoms. The smallest absolute Gasteiger partial charge is 0.146 e. The number of benzene rings is 2. The lowest BCUT2D eigenvalue weighted by molar-refractivity contribution is 0.625. The van der Waals surface area contributed by atoms with Gasteiger partial charge in [-0.2, -0.15) is 0 Å². The van der Waals surface area contributed by atoms with Crippen LogP contribution >= 0.6 is 15.9 Å². The fourth-order valence-corrected chi connectivity index (χ4v) is 3.05. The van der Waals surface area contributed by atoms with Gasteiger partial charge in [0.2, 0.25) is 0 Å². The predicted octanol–water partition coefficient (Wildman–Crippen LogP) is 4.64. The normalized spacial score (nSPS) is 12.2. The van der Waals surface area contributed by atoms with E-state index in [0.717, 1.165) is 16.6 Å². The maximum absolute atomic E-state index is 14.0. The number of hydrogen-bond acceptors (Lipinski definition) is 2. The summed E-state index contributed by atoms with van der Waals surface area (Å²) in [5, 5.41) is 0. The minimum atomic E-state index is -0.217. The Morgan fingerprint density at radius 3 is 2.48 bits per heavy atom. The molecule has 2 N–H and O–H groups in total. The number of halogens is 2. The first-order valence-electron chi connectivity index (χ1n) is 7.09. The van der Waals surface area contributed by atoms with Gasteiger partial charge in [0.15, 0.2) is 0 Å². The van der Waals surface area contributed by atoms with E-state index in [1.54, 1.807) is 12.1 Å². The van der Waals surface area contributed by atoms with Crippen molar-refractivity contribution in [1.82, 2.24) is 0 Å². The van der Waals surface area contributed by atoms with Crippen molar-refractivity contribution in [2.24, 2.45) is 5.73 Å². The van der Waals surface area contributed by atoms with Crippen molar-refractivity contribution < 1.29 is 4.39 Å². The topological polar surface area (TPSA) is 29.3 Å². The molecule has 0 aliphatic carbocycles. The van der Waals surface area contributed by atoms with Crippen LogP contribution in [0.25, 0.3) is 0 Å². The van der Waals surface area contributed by atoms with Crippen LogP contribution in [0, 0.1) is 5.82 Å². The molecule has 0 aliphatic heterocycles. The molecule has 0 fully saturated rings. The van der Waals surface area contributed by atoms with Gasteiger partial charge >= 0.3 is 0 Å². The average Bonchev–Trinajstić information content (AvgIpc) is 2.43. The zero-order chi connectivity index (χ0) is 15.4. The van der Waals surface area contributed by atoms with Crippen LogP contribution in [0.2, 0.25) is 0 Å². The Hall–Kier alpha value is -1.39. The van der Waals surface area contributed by atoms with Crippen LogP contribution in [0.1, 0.15) is 19.4 Å². The van der Waals surface area contributed by atoms with Crippen LogP contribution in [0.4, 0.5) is 15.8 Å². The highest BCUT2D eigenvalue weighted by atomic mass is 79.9. The molecule has 0 saturated carbocycles. The molecular weight excluding hydrogens is 331 g/mol. The summed E-state index contributed by atoms with van der Waals surface area (Å²) < 4.78 is 15.0. The molecular formula is C17H20BrFN2. The van der Waals surface area contributed by atoms with E-state index < -0.39 is 0 Å². The van der Waals surface area contributed by atoms with Crippen molar-refractivity contribution >= 4 is 27.3 Å². The third-order valence-corrected chi connectivity index (χ3v) is 3.96. The Labute approximate surface area is 133 Å². The van der Waals surface area contributed by atoms with E-state index in [2.05, 4.69) is 22.0 Å². The first-order valence-corrected chi connectivity index (χ1v) is 7.88. The van der Waals surface area contributed by atoms with E-state index in [1.807, 2.05) is 36.9 Å². The summed E-state index contributed by atoms with van der Waals surface area (Å²) >= 11 is 3.60. The summed E-state index contributed by atoms with van der Waals surface area (Å²) in [5.74, 6) is -0.217. The van der Waals surface area contributed by atoms with Gasteiger partial charge in [-0.3, -0.25) is 0 Å². The van der Waals surface area contributed by atoms with Crippen molar-refractivity contribution in [2.75, 3.05) is 11.4 Å². The second kappa shape index (κ2) is 7.05. The van der Waals surface area contributed by atoms with E-state index in [-0.39, 0.29) is 11.9 Å². The molecule has 2 rings (SSSR count). The monoisotopic (exact) mass is 350 g/mol. The van der Waals surface area contributed by atoms with Crippen LogP contribution in [-0.2, 0) is 6.42 Å². The zero-order valence-electron chi connectivity index (χ0n) is 12.3. The molecule has 0 spiro atoms. The zero-order valence-corrected chi connectivity index (χ0v) is 13.9. The summed E-state index contributed by atoms with van der Waals surface area (Å²) in [6, 6.07) is 13.1. The predicted molar refractivity (Wildman–Crippen MR) is 90.6 cm³/mol. The maximum Gasteiger partial charge on any atom is 0.146 e. The second-order valence-electron chi connectivity index (χ2n) is 5.16. The standard InChI is InChI=1S/C17H20BrFN2/c1-3-21(17-7-5-4-6-15(17)19)16-9-8-13(10-12(2)20)11-14(16)18/h4-9,11-12H,3,10,20H2,1-2H3. The van der Waals surface area contributed by atoms with Gasteiger partial charge < -0.3 is 10.6 Å². The SMILES string of the molecule is CCN(c1ccccc1F)c1ccc(CC(C)N)cc1Br. The van der Waals surface area contributed by atoms with Crippen molar-refractivity contribution in [3.8, 4) is 0 Å². The van der Waals surface area contributed by atoms with Gasteiger partial charge in [-0.25, -0.2) is 4.39 Å². The molecule has 0 bridgehead atoms. The number of para-hydroxylation sites is 1. The lowest BCUT2D eigenvalue weighted by atomic mass is 10.1. The molecule has 0 aromatic heterocycles. The molecule has 1 atom stereocenters. The van der Waals surface area contributed by atoms with Crippen LogP contribution in [0.3, 0.4) is 0 Å². The molecule has 2 nitrogen and oxygen atoms in total. The van der Waals surface area contributed by atoms with E-state index in [4.69, 9.17) is 5.73 Å². The minimum absolute atomic E-state index is 0.122. The molecule has 2 aromatic carbocycles. The molecule has 2 aromatic rings. The Bertz CT molecular complexity index is 613. The Kier molecular flexibility index (Phi) is 5.37. The Balaban J connectivity index is 2.37. The van der Waals surface area contributed by atoms with Gasteiger partial charge in [0, 0.05) is 17.1 Å². The number of anilines is 2. The number of hydrogen-bond donors (Lipinski definition) is 1. The average molecular weight is 351 g/mol. The van der Waals surface area contributed by atoms with Crippen molar-refractivity contribution in [3.05, 3.63) is 58.3 Å². The third kappa shape index (κ3) is 3.83. The van der Waals surface area contributed by atoms with Crippen molar-refractivity contribution in [2.45, 2.75) is 26.3 Å². The molecule has 0 saturated heterocycles. The lowest BCUT2D eigenvalue weighted by Gasteiger charge is -2.25. The summed E-state index contributed by atoms with van der Waals surface area (Å²) in [4.78, 5) is 1.95. The highest BCUT2D eigenvalue weighted by molar-refractivity contribution is 9.10. The van der Waals surface area contributed by atoms with Crippen LogP contribution in [-0.4, -0.2) is 12.6 Å². The fourth-order valence-electron chi connectivity index (χ4n) is 2.41. The maximum atomic E-state index is 14.0. The molecule has 0 amide bonds. The van der Waals surface area contributed by atoms with E-state index in [1.165, 1.54) is 11.6 Å². The molecule has 0 aliphatic rings. The van der Waals surface area contributed by atoms with Crippen LogP contribution < -0.4 is 10.6 Å². The van der Waals surface area contributed by atoms with Crippen LogP contribution in [0.15, 0.2) is 46.9 Å². The number of rotatable bonds is 5. The van der Waals surface area contributed by atoms with E-state index in [9.17, 15) is 4.39 Å². The fraction of sp³-hybridized carbons (Fsp3) is 0.294. The second-order valence-corrected chi connectivity index (χ2v) is 6.02. The molecule has 0 radical (unpaired) electrons. The summed E-state index contributed by atoms with van der Waals surface area (Å²) in [5.41, 5.74) is 8.54. The molecule has 0 heterocycles.